The first-order valence-corrected chi connectivity index (χ1v) is 8.67. The minimum Gasteiger partial charge on any atom is -0.376 e. The van der Waals surface area contributed by atoms with E-state index in [1.54, 1.807) is 0 Å². The Morgan fingerprint density at radius 3 is 1.95 bits per heavy atom. The summed E-state index contributed by atoms with van der Waals surface area (Å²) < 4.78 is 5.57. The summed E-state index contributed by atoms with van der Waals surface area (Å²) in [7, 11) is 0. The largest absolute Gasteiger partial charge is 0.376 e. The summed E-state index contributed by atoms with van der Waals surface area (Å²) in [4.78, 5) is 2.57. The highest BCUT2D eigenvalue weighted by Gasteiger charge is 2.15. The molecule has 21 heavy (non-hydrogen) atoms. The van der Waals surface area contributed by atoms with Crippen LogP contribution in [0, 0.1) is 0 Å². The van der Waals surface area contributed by atoms with Crippen molar-refractivity contribution in [1.82, 2.24) is 11.1 Å². The van der Waals surface area contributed by atoms with Crippen LogP contribution in [0.4, 0.5) is 0 Å². The zero-order chi connectivity index (χ0) is 13.8. The minimum atomic E-state index is 0. The van der Waals surface area contributed by atoms with Gasteiger partial charge in [-0.25, -0.2) is 0 Å². The molecule has 1 fully saturated rings. The lowest BCUT2D eigenvalue weighted by Gasteiger charge is -2.30. The molecule has 1 aliphatic heterocycles. The van der Waals surface area contributed by atoms with E-state index in [9.17, 15) is 0 Å². The third-order valence-electron chi connectivity index (χ3n) is 4.15. The number of hydrogen-bond donors (Lipinski definition) is 1. The predicted octanol–water partition coefficient (Wildman–Crippen LogP) is 5.21. The van der Waals surface area contributed by atoms with E-state index in [2.05, 4.69) is 18.7 Å². The smallest absolute Gasteiger partial charge is 0.0674 e. The van der Waals surface area contributed by atoms with Crippen LogP contribution in [0.15, 0.2) is 0 Å². The van der Waals surface area contributed by atoms with Crippen molar-refractivity contribution in [3.05, 3.63) is 0 Å². The summed E-state index contributed by atoms with van der Waals surface area (Å²) in [6.07, 6.45) is 14.7. The van der Waals surface area contributed by atoms with Crippen molar-refractivity contribution in [2.75, 3.05) is 26.2 Å². The summed E-state index contributed by atoms with van der Waals surface area (Å²) in [6, 6.07) is 0. The van der Waals surface area contributed by atoms with E-state index < -0.39 is 0 Å². The maximum absolute atomic E-state index is 5.57. The van der Waals surface area contributed by atoms with Crippen LogP contribution in [0.2, 0.25) is 0 Å². The van der Waals surface area contributed by atoms with Crippen LogP contribution in [0.5, 0.6) is 0 Å². The Kier molecular flexibility index (Phi) is 18.5. The van der Waals surface area contributed by atoms with Gasteiger partial charge in [0.1, 0.15) is 0 Å². The lowest BCUT2D eigenvalue weighted by Crippen LogP contribution is -2.41. The van der Waals surface area contributed by atoms with Crippen molar-refractivity contribution in [3.8, 4) is 0 Å². The molecule has 1 atom stereocenters. The number of rotatable bonds is 11. The molecule has 1 aliphatic rings. The first kappa shape index (κ1) is 23.4. The predicted molar refractivity (Wildman–Crippen MR) is 96.0 cm³/mol. The molecule has 0 saturated carbocycles. The molecular weight excluding hydrogens is 284 g/mol. The Morgan fingerprint density at radius 1 is 0.905 bits per heavy atom. The first-order valence-electron chi connectivity index (χ1n) is 8.67. The molecule has 0 aliphatic carbocycles. The highest BCUT2D eigenvalue weighted by molar-refractivity contribution is 5.85. The molecular formula is C17H39ClN2O. The summed E-state index contributed by atoms with van der Waals surface area (Å²) in [6.45, 7) is 8.96. The fraction of sp³-hybridized carbons (Fsp3) is 1.00. The average Bonchev–Trinajstić information content (AvgIpc) is 2.41. The van der Waals surface area contributed by atoms with E-state index in [4.69, 9.17) is 4.74 Å². The van der Waals surface area contributed by atoms with Gasteiger partial charge in [-0.1, -0.05) is 64.7 Å². The van der Waals surface area contributed by atoms with Gasteiger partial charge >= 0.3 is 0 Å². The summed E-state index contributed by atoms with van der Waals surface area (Å²) in [5.74, 6) is 0. The highest BCUT2D eigenvalue weighted by Crippen LogP contribution is 2.11. The second-order valence-electron chi connectivity index (χ2n) is 6.16. The van der Waals surface area contributed by atoms with Crippen LogP contribution >= 0.6 is 12.4 Å². The van der Waals surface area contributed by atoms with Gasteiger partial charge in [0.05, 0.1) is 12.7 Å². The Bertz CT molecular complexity index is 205. The van der Waals surface area contributed by atoms with E-state index in [1.165, 1.54) is 70.8 Å². The van der Waals surface area contributed by atoms with Crippen molar-refractivity contribution in [3.63, 3.8) is 0 Å². The molecule has 0 spiro atoms. The number of unbranched alkanes of at least 4 members (excludes halogenated alkanes) is 9. The van der Waals surface area contributed by atoms with Crippen molar-refractivity contribution in [1.29, 1.82) is 0 Å². The maximum atomic E-state index is 5.57. The molecule has 3 nitrogen and oxygen atoms in total. The van der Waals surface area contributed by atoms with Crippen LogP contribution in [-0.4, -0.2) is 37.2 Å². The van der Waals surface area contributed by atoms with Gasteiger partial charge < -0.3 is 10.9 Å². The second-order valence-corrected chi connectivity index (χ2v) is 6.16. The third-order valence-corrected chi connectivity index (χ3v) is 4.15. The molecule has 1 saturated heterocycles. The summed E-state index contributed by atoms with van der Waals surface area (Å²) in [5.41, 5.74) is 0. The number of ether oxygens (including phenoxy) is 1. The summed E-state index contributed by atoms with van der Waals surface area (Å²) in [5, 5.41) is 0. The zero-order valence-electron chi connectivity index (χ0n) is 14.4. The quantitative estimate of drug-likeness (QED) is 0.531. The van der Waals surface area contributed by atoms with E-state index in [0.717, 1.165) is 19.7 Å². The Hall–Kier alpha value is 0.170. The standard InChI is InChI=1S/C17H35NO.ClH.H3N/c1-3-4-5-6-7-8-9-10-11-12-13-18-14-15-19-17(2)16-18;;/h17H,3-16H2,1-2H3;1H;1H3. The van der Waals surface area contributed by atoms with E-state index in [0.29, 0.717) is 6.10 Å². The van der Waals surface area contributed by atoms with E-state index >= 15 is 0 Å². The van der Waals surface area contributed by atoms with E-state index in [-0.39, 0.29) is 18.6 Å². The van der Waals surface area contributed by atoms with Crippen molar-refractivity contribution >= 4 is 12.4 Å². The molecule has 0 bridgehead atoms. The van der Waals surface area contributed by atoms with Crippen LogP contribution in [0.3, 0.4) is 0 Å². The molecule has 130 valence electrons. The number of nitrogens with zero attached hydrogens (tertiary/aromatic N) is 1. The van der Waals surface area contributed by atoms with Crippen LogP contribution in [0.25, 0.3) is 0 Å². The molecule has 0 radical (unpaired) electrons. The van der Waals surface area contributed by atoms with Gasteiger partial charge in [0.15, 0.2) is 0 Å². The maximum Gasteiger partial charge on any atom is 0.0674 e. The molecule has 1 unspecified atom stereocenters. The SMILES string of the molecule is CCCCCCCCCCCCN1CCOC(C)C1.Cl.N. The number of halogens is 1. The molecule has 0 aromatic carbocycles. The molecule has 0 amide bonds. The topological polar surface area (TPSA) is 47.5 Å². The Morgan fingerprint density at radius 2 is 1.43 bits per heavy atom. The van der Waals surface area contributed by atoms with Gasteiger partial charge in [-0.3, -0.25) is 4.90 Å². The Balaban J connectivity index is 0. The molecule has 0 aromatic heterocycles. The van der Waals surface area contributed by atoms with Gasteiger partial charge in [0.2, 0.25) is 0 Å². The van der Waals surface area contributed by atoms with Crippen molar-refractivity contribution in [2.45, 2.75) is 84.2 Å². The zero-order valence-corrected chi connectivity index (χ0v) is 15.3. The lowest BCUT2D eigenvalue weighted by molar-refractivity contribution is -0.0186. The van der Waals surface area contributed by atoms with Gasteiger partial charge in [-0.2, -0.15) is 0 Å². The third kappa shape index (κ3) is 13.5. The van der Waals surface area contributed by atoms with Crippen LogP contribution in [-0.2, 0) is 4.74 Å². The van der Waals surface area contributed by atoms with E-state index in [1.807, 2.05) is 0 Å². The lowest BCUT2D eigenvalue weighted by atomic mass is 10.1. The van der Waals surface area contributed by atoms with Crippen molar-refractivity contribution in [2.24, 2.45) is 0 Å². The molecule has 4 heteroatoms. The molecule has 1 rings (SSSR count). The van der Waals surface area contributed by atoms with Crippen LogP contribution in [0.1, 0.15) is 78.1 Å². The number of hydrogen-bond acceptors (Lipinski definition) is 3. The summed E-state index contributed by atoms with van der Waals surface area (Å²) >= 11 is 0. The van der Waals surface area contributed by atoms with Gasteiger partial charge in [0, 0.05) is 13.1 Å². The minimum absolute atomic E-state index is 0. The molecule has 0 aromatic rings. The fourth-order valence-corrected chi connectivity index (χ4v) is 2.92. The Labute approximate surface area is 139 Å². The second kappa shape index (κ2) is 16.5. The fourth-order valence-electron chi connectivity index (χ4n) is 2.92. The molecule has 3 N–H and O–H groups in total. The molecule has 1 heterocycles. The van der Waals surface area contributed by atoms with Gasteiger partial charge in [-0.05, 0) is 19.9 Å². The monoisotopic (exact) mass is 322 g/mol. The van der Waals surface area contributed by atoms with Crippen LogP contribution < -0.4 is 6.15 Å². The van der Waals surface area contributed by atoms with Gasteiger partial charge in [-0.15, -0.1) is 12.4 Å². The normalized spacial score (nSPS) is 18.9. The average molecular weight is 323 g/mol. The highest BCUT2D eigenvalue weighted by atomic mass is 35.5. The van der Waals surface area contributed by atoms with Gasteiger partial charge in [0.25, 0.3) is 0 Å². The number of morpholine rings is 1. The first-order chi connectivity index (χ1) is 9.33. The van der Waals surface area contributed by atoms with Crippen molar-refractivity contribution < 1.29 is 4.74 Å².